The van der Waals surface area contributed by atoms with Gasteiger partial charge in [0, 0.05) is 36.3 Å². The van der Waals surface area contributed by atoms with Crippen LogP contribution in [0, 0.1) is 5.92 Å². The molecule has 1 N–H and O–H groups in total. The molecule has 2 aliphatic heterocycles. The van der Waals surface area contributed by atoms with Gasteiger partial charge in [-0.05, 0) is 80.9 Å². The van der Waals surface area contributed by atoms with Gasteiger partial charge in [0.25, 0.3) is 0 Å². The number of pyridine rings is 1. The molecule has 2 saturated heterocycles. The number of fused-ring (bicyclic) bond motifs is 3. The maximum Gasteiger partial charge on any atom is 0.248 e. The normalized spacial score (nSPS) is 21.8. The molecule has 5 nitrogen and oxygen atoms in total. The number of rotatable bonds is 7. The Balaban J connectivity index is 1.19. The second-order valence-electron chi connectivity index (χ2n) is 10.9. The fraction of sp³-hybridized carbons (Fsp3) is 0.433. The van der Waals surface area contributed by atoms with Crippen LogP contribution < -0.4 is 5.32 Å². The number of nitrogens with zero attached hydrogens (tertiary/aromatic N) is 2. The van der Waals surface area contributed by atoms with E-state index in [0.717, 1.165) is 37.7 Å². The van der Waals surface area contributed by atoms with Crippen LogP contribution >= 0.6 is 0 Å². The van der Waals surface area contributed by atoms with E-state index in [1.54, 1.807) is 0 Å². The zero-order valence-corrected chi connectivity index (χ0v) is 20.7. The minimum atomic E-state index is -0.895. The number of aryl methyl sites for hydroxylation is 1. The smallest absolute Gasteiger partial charge is 0.248 e. The van der Waals surface area contributed by atoms with Crippen LogP contribution in [0.5, 0.6) is 0 Å². The van der Waals surface area contributed by atoms with Gasteiger partial charge in [0.05, 0.1) is 0 Å². The molecule has 2 bridgehead atoms. The summed E-state index contributed by atoms with van der Waals surface area (Å²) in [7, 11) is 0. The molecule has 2 aliphatic rings. The fourth-order valence-electron chi connectivity index (χ4n) is 6.07. The predicted molar refractivity (Wildman–Crippen MR) is 139 cm³/mol. The molecular weight excluding hydrogens is 434 g/mol. The lowest BCUT2D eigenvalue weighted by molar-refractivity contribution is -0.145. The molecule has 1 aromatic heterocycles. The molecule has 182 valence electrons. The molecule has 0 spiro atoms. The van der Waals surface area contributed by atoms with Gasteiger partial charge in [-0.15, -0.1) is 0 Å². The Morgan fingerprint density at radius 2 is 1.71 bits per heavy atom. The topological polar surface area (TPSA) is 62.3 Å². The van der Waals surface area contributed by atoms with Crippen molar-refractivity contribution in [2.45, 2.75) is 76.4 Å². The lowest BCUT2D eigenvalue weighted by atomic mass is 9.84. The van der Waals surface area contributed by atoms with Crippen LogP contribution in [0.15, 0.2) is 67.0 Å². The Morgan fingerprint density at radius 3 is 2.46 bits per heavy atom. The summed E-state index contributed by atoms with van der Waals surface area (Å²) < 4.78 is 0. The van der Waals surface area contributed by atoms with Crippen LogP contribution in [0.3, 0.4) is 0 Å². The van der Waals surface area contributed by atoms with Crippen molar-refractivity contribution < 1.29 is 9.59 Å². The molecule has 3 aromatic rings. The van der Waals surface area contributed by atoms with Crippen LogP contribution in [0.4, 0.5) is 0 Å². The van der Waals surface area contributed by atoms with Gasteiger partial charge < -0.3 is 10.2 Å². The number of carbonyl (C=O) groups excluding carboxylic acids is 2. The van der Waals surface area contributed by atoms with Gasteiger partial charge in [0.15, 0.2) is 0 Å². The van der Waals surface area contributed by atoms with Crippen LogP contribution in [0.2, 0.25) is 0 Å². The minimum absolute atomic E-state index is 0.0646. The van der Waals surface area contributed by atoms with Crippen molar-refractivity contribution in [3.05, 3.63) is 78.1 Å². The van der Waals surface area contributed by atoms with E-state index >= 15 is 0 Å². The summed E-state index contributed by atoms with van der Waals surface area (Å²) in [6, 6.07) is 19.3. The Morgan fingerprint density at radius 1 is 0.971 bits per heavy atom. The SMILES string of the molecule is CC(C)(NC(=O)CCc1ccccc1)C(=O)N1[C@H]2CC[C@H]1CC(Cc1ccc3cnccc3c1)C2. The maximum absolute atomic E-state index is 13.6. The van der Waals surface area contributed by atoms with E-state index in [-0.39, 0.29) is 23.9 Å². The van der Waals surface area contributed by atoms with Crippen LogP contribution in [0.25, 0.3) is 10.8 Å². The number of piperidine rings is 1. The Kier molecular flexibility index (Phi) is 6.59. The Bertz CT molecular complexity index is 1190. The molecule has 2 fully saturated rings. The third-order valence-corrected chi connectivity index (χ3v) is 7.76. The maximum atomic E-state index is 13.6. The molecule has 2 aromatic carbocycles. The van der Waals surface area contributed by atoms with Gasteiger partial charge in [-0.3, -0.25) is 14.6 Å². The zero-order valence-electron chi connectivity index (χ0n) is 20.7. The van der Waals surface area contributed by atoms with Crippen molar-refractivity contribution in [3.8, 4) is 0 Å². The summed E-state index contributed by atoms with van der Waals surface area (Å²) in [6.07, 6.45) is 10.1. The lowest BCUT2D eigenvalue weighted by Gasteiger charge is -2.43. The zero-order chi connectivity index (χ0) is 24.4. The summed E-state index contributed by atoms with van der Waals surface area (Å²) in [5.41, 5.74) is 1.60. The lowest BCUT2D eigenvalue weighted by Crippen LogP contribution is -2.60. The van der Waals surface area contributed by atoms with Crippen LogP contribution in [0.1, 0.15) is 57.1 Å². The third-order valence-electron chi connectivity index (χ3n) is 7.76. The summed E-state index contributed by atoms with van der Waals surface area (Å²) >= 11 is 0. The van der Waals surface area contributed by atoms with E-state index in [0.29, 0.717) is 18.8 Å². The molecule has 2 amide bonds. The Hall–Kier alpha value is -3.21. The molecule has 0 saturated carbocycles. The Labute approximate surface area is 207 Å². The minimum Gasteiger partial charge on any atom is -0.342 e. The molecule has 0 aliphatic carbocycles. The van der Waals surface area contributed by atoms with Crippen molar-refractivity contribution in [3.63, 3.8) is 0 Å². The van der Waals surface area contributed by atoms with E-state index < -0.39 is 5.54 Å². The van der Waals surface area contributed by atoms with Crippen LogP contribution in [-0.4, -0.2) is 39.3 Å². The average molecular weight is 470 g/mol. The van der Waals surface area contributed by atoms with Crippen molar-refractivity contribution in [2.75, 3.05) is 0 Å². The van der Waals surface area contributed by atoms with Gasteiger partial charge in [-0.2, -0.15) is 0 Å². The first-order valence-electron chi connectivity index (χ1n) is 12.9. The van der Waals surface area contributed by atoms with Gasteiger partial charge in [-0.25, -0.2) is 0 Å². The second kappa shape index (κ2) is 9.80. The van der Waals surface area contributed by atoms with Crippen molar-refractivity contribution in [1.82, 2.24) is 15.2 Å². The monoisotopic (exact) mass is 469 g/mol. The molecular formula is C30H35N3O2. The quantitative estimate of drug-likeness (QED) is 0.525. The van der Waals surface area contributed by atoms with E-state index in [9.17, 15) is 9.59 Å². The number of nitrogens with one attached hydrogen (secondary N) is 1. The second-order valence-corrected chi connectivity index (χ2v) is 10.9. The third kappa shape index (κ3) is 5.24. The predicted octanol–water partition coefficient (Wildman–Crippen LogP) is 5.07. The molecule has 2 atom stereocenters. The van der Waals surface area contributed by atoms with Crippen molar-refractivity contribution >= 4 is 22.6 Å². The van der Waals surface area contributed by atoms with E-state index in [1.807, 2.05) is 56.6 Å². The summed E-state index contributed by atoms with van der Waals surface area (Å²) in [5.74, 6) is 0.579. The number of benzene rings is 2. The molecule has 3 heterocycles. The first-order valence-corrected chi connectivity index (χ1v) is 12.9. The molecule has 35 heavy (non-hydrogen) atoms. The van der Waals surface area contributed by atoms with Crippen molar-refractivity contribution in [1.29, 1.82) is 0 Å². The number of amides is 2. The standard InChI is InChI=1S/C30H35N3O2/c1-30(2,32-28(34)13-9-21-6-4-3-5-7-21)29(35)33-26-11-12-27(33)19-23(18-26)16-22-8-10-25-20-31-15-14-24(25)17-22/h3-8,10,14-15,17,20,23,26-27H,9,11-13,16,18-19H2,1-2H3,(H,32,34)/t26-,27-/m0/s1. The molecule has 5 rings (SSSR count). The molecule has 5 heteroatoms. The highest BCUT2D eigenvalue weighted by Gasteiger charge is 2.47. The highest BCUT2D eigenvalue weighted by Crippen LogP contribution is 2.41. The van der Waals surface area contributed by atoms with Crippen LogP contribution in [-0.2, 0) is 22.4 Å². The molecule has 0 unspecified atom stereocenters. The number of carbonyl (C=O) groups is 2. The summed E-state index contributed by atoms with van der Waals surface area (Å²) in [5, 5.41) is 5.43. The average Bonchev–Trinajstić information content (AvgIpc) is 3.12. The first kappa shape index (κ1) is 23.5. The van der Waals surface area contributed by atoms with Gasteiger partial charge in [-0.1, -0.05) is 48.5 Å². The summed E-state index contributed by atoms with van der Waals surface area (Å²) in [4.78, 5) is 32.6. The van der Waals surface area contributed by atoms with Gasteiger partial charge >= 0.3 is 0 Å². The van der Waals surface area contributed by atoms with Crippen molar-refractivity contribution in [2.24, 2.45) is 5.92 Å². The van der Waals surface area contributed by atoms with E-state index in [4.69, 9.17) is 0 Å². The molecule has 0 radical (unpaired) electrons. The fourth-order valence-corrected chi connectivity index (χ4v) is 6.07. The first-order chi connectivity index (χ1) is 16.9. The summed E-state index contributed by atoms with van der Waals surface area (Å²) in [6.45, 7) is 3.70. The number of hydrogen-bond acceptors (Lipinski definition) is 3. The van der Waals surface area contributed by atoms with Gasteiger partial charge in [0.2, 0.25) is 11.8 Å². The number of aromatic nitrogens is 1. The van der Waals surface area contributed by atoms with E-state index in [2.05, 4.69) is 39.5 Å². The van der Waals surface area contributed by atoms with Gasteiger partial charge in [0.1, 0.15) is 5.54 Å². The highest BCUT2D eigenvalue weighted by molar-refractivity contribution is 5.91. The number of hydrogen-bond donors (Lipinski definition) is 1. The largest absolute Gasteiger partial charge is 0.342 e. The highest BCUT2D eigenvalue weighted by atomic mass is 16.2. The van der Waals surface area contributed by atoms with E-state index in [1.165, 1.54) is 16.3 Å².